The Labute approximate surface area is 650 Å². The lowest BCUT2D eigenvalue weighted by atomic mass is 9.83. The zero-order valence-corrected chi connectivity index (χ0v) is 63.2. The summed E-state index contributed by atoms with van der Waals surface area (Å²) in [6.45, 7) is 0. The van der Waals surface area contributed by atoms with Crippen molar-refractivity contribution in [3.63, 3.8) is 0 Å². The van der Waals surface area contributed by atoms with Crippen LogP contribution in [0.1, 0.15) is 55.9 Å². The van der Waals surface area contributed by atoms with Crippen molar-refractivity contribution < 1.29 is 37.9 Å². The first-order valence-corrected chi connectivity index (χ1v) is 37.1. The molecule has 12 heteroatoms. The molecule has 0 fully saturated rings. The molecule has 4 heterocycles. The van der Waals surface area contributed by atoms with E-state index in [0.717, 1.165) is 89.1 Å². The summed E-state index contributed by atoms with van der Waals surface area (Å²) in [5.74, 6) is 4.11. The zero-order valence-electron chi connectivity index (χ0n) is 63.2. The van der Waals surface area contributed by atoms with Crippen LogP contribution in [-0.2, 0) is 0 Å². The molecule has 2 N–H and O–H groups in total. The van der Waals surface area contributed by atoms with Crippen molar-refractivity contribution in [2.45, 2.75) is 0 Å². The highest BCUT2D eigenvalue weighted by Crippen LogP contribution is 2.58. The third kappa shape index (κ3) is 12.1. The normalized spacial score (nSPS) is 13.3. The van der Waals surface area contributed by atoms with Crippen LogP contribution in [0.4, 0.5) is 0 Å². The van der Waals surface area contributed by atoms with E-state index >= 15 is 0 Å². The molecule has 17 rings (SSSR count). The van der Waals surface area contributed by atoms with Crippen molar-refractivity contribution in [3.8, 4) is 90.5 Å². The second kappa shape index (κ2) is 30.7. The largest absolute Gasteiger partial charge is 0.496 e. The van der Waals surface area contributed by atoms with E-state index in [1.54, 1.807) is 56.9 Å². The maximum absolute atomic E-state index is 6.80. The topological polar surface area (TPSA) is 130 Å². The number of benzene rings is 12. The van der Waals surface area contributed by atoms with E-state index in [9.17, 15) is 0 Å². The third-order valence-corrected chi connectivity index (χ3v) is 21.1. The van der Waals surface area contributed by atoms with Gasteiger partial charge in [-0.2, -0.15) is 0 Å². The minimum Gasteiger partial charge on any atom is -0.496 e. The summed E-state index contributed by atoms with van der Waals surface area (Å²) in [4.78, 5) is 22.1. The number of H-pyrrole nitrogens is 2. The van der Waals surface area contributed by atoms with Gasteiger partial charge in [0.15, 0.2) is 0 Å². The van der Waals surface area contributed by atoms with Gasteiger partial charge in [0, 0.05) is 66.8 Å². The first-order chi connectivity index (χ1) is 55.3. The second-order valence-corrected chi connectivity index (χ2v) is 26.9. The number of nitrogens with zero attached hydrogens (tertiary/aromatic N) is 2. The van der Waals surface area contributed by atoms with Gasteiger partial charge in [0.2, 0.25) is 0 Å². The molecule has 3 aliphatic rings. The second-order valence-electron chi connectivity index (χ2n) is 26.9. The predicted molar refractivity (Wildman–Crippen MR) is 452 cm³/mol. The van der Waals surface area contributed by atoms with Crippen LogP contribution in [0.3, 0.4) is 0 Å². The standard InChI is InChI=1S/C100H78N4O8/c1-105-69-53-33-54-70(106-2)85(69)89-93-77(61-37-17-9-18-38-61)79(63-41-21-11-22-42-63)95(101-93)90(86-71(107-3)55-34-56-72(86)108-4)97-81(65-45-25-13-26-46-65)83(67-49-29-15-30-50-67)99(103-97)92(88-75(111-7)59-36-60-76(88)112-8)100-84(68-51-31-16-32-52-68)82(66-47-27-14-28-48-66)98(104-100)91(87-73(109-5)57-35-58-74(87)110-6)96-80(64-43-23-12-24-44-64)78(94(89)102-96)62-39-19-10-20-40-62/h9-60,101,104H,1-8H3. The number of methoxy groups -OCH3 is 8. The smallest absolute Gasteiger partial charge is 0.130 e. The van der Waals surface area contributed by atoms with Gasteiger partial charge >= 0.3 is 0 Å². The number of rotatable bonds is 20. The Morgan fingerprint density at radius 3 is 0.616 bits per heavy atom. The zero-order chi connectivity index (χ0) is 76.3. The number of fused-ring (bicyclic) bond motifs is 10. The molecule has 0 unspecified atom stereocenters. The van der Waals surface area contributed by atoms with Gasteiger partial charge in [-0.3, -0.25) is 0 Å². The molecular weight excluding hydrogens is 1390 g/mol. The number of nitrogens with one attached hydrogen (secondary N) is 2. The SMILES string of the molecule is COc1cccc(OC)c1C1=C2N=C(C(c3ccccc3)=C2c2ccccc2)C(c2c(OC)cccc2OC)=c2[nH]c(c(-c3ccccc3)c2-c2ccccc2)=C(c2c(OC)cccc2OC)C2=NC(=C(c3c(OC)cccc3OC)c3[nH]c1c(-c1ccccc1)c3-c1ccccc1)C(c1ccccc1)=C2c1ccccc1. The first-order valence-electron chi connectivity index (χ1n) is 37.1. The summed E-state index contributed by atoms with van der Waals surface area (Å²) in [6, 6.07) is 108. The minimum absolute atomic E-state index is 0.514. The average molecular weight is 1460 g/mol. The minimum atomic E-state index is 0.514. The molecule has 546 valence electrons. The van der Waals surface area contributed by atoms with Gasteiger partial charge in [-0.1, -0.05) is 267 Å². The highest BCUT2D eigenvalue weighted by Gasteiger charge is 2.43. The van der Waals surface area contributed by atoms with Gasteiger partial charge in [-0.15, -0.1) is 0 Å². The average Bonchev–Trinajstić information content (AvgIpc) is 1.54. The van der Waals surface area contributed by atoms with Gasteiger partial charge in [-0.25, -0.2) is 9.98 Å². The van der Waals surface area contributed by atoms with E-state index in [0.29, 0.717) is 135 Å². The van der Waals surface area contributed by atoms with Gasteiger partial charge in [0.1, 0.15) is 46.0 Å². The Morgan fingerprint density at radius 1 is 0.179 bits per heavy atom. The quantitative estimate of drug-likeness (QED) is 0.0772. The highest BCUT2D eigenvalue weighted by molar-refractivity contribution is 6.53. The lowest BCUT2D eigenvalue weighted by Crippen LogP contribution is -2.24. The predicted octanol–water partition coefficient (Wildman–Crippen LogP) is 20.8. The maximum Gasteiger partial charge on any atom is 0.130 e. The van der Waals surface area contributed by atoms with E-state index in [1.165, 1.54) is 0 Å². The maximum atomic E-state index is 6.80. The van der Waals surface area contributed by atoms with Gasteiger partial charge < -0.3 is 47.9 Å². The summed E-state index contributed by atoms with van der Waals surface area (Å²) in [5, 5.41) is 1.30. The third-order valence-electron chi connectivity index (χ3n) is 21.1. The summed E-state index contributed by atoms with van der Waals surface area (Å²) in [5.41, 5.74) is 21.9. The molecule has 12 aromatic carbocycles. The summed E-state index contributed by atoms with van der Waals surface area (Å²) in [6.07, 6.45) is 0. The molecule has 0 amide bonds. The van der Waals surface area contributed by atoms with Crippen molar-refractivity contribution in [1.29, 1.82) is 0 Å². The van der Waals surface area contributed by atoms with Gasteiger partial charge in [0.25, 0.3) is 0 Å². The van der Waals surface area contributed by atoms with Crippen LogP contribution in [0.15, 0.2) is 337 Å². The Bertz CT molecular complexity index is 5810. The van der Waals surface area contributed by atoms with Crippen LogP contribution in [0, 0.1) is 0 Å². The van der Waals surface area contributed by atoms with Crippen molar-refractivity contribution in [2.24, 2.45) is 9.98 Å². The Balaban J connectivity index is 1.31. The molecule has 12 nitrogen and oxygen atoms in total. The van der Waals surface area contributed by atoms with Crippen LogP contribution >= 0.6 is 0 Å². The number of aromatic amines is 2. The number of hydrogen-bond acceptors (Lipinski definition) is 10. The molecule has 1 aliphatic carbocycles. The molecule has 8 bridgehead atoms. The number of aromatic nitrogens is 2. The molecule has 112 heavy (non-hydrogen) atoms. The fourth-order valence-electron chi connectivity index (χ4n) is 16.3. The summed E-state index contributed by atoms with van der Waals surface area (Å²) in [7, 11) is 13.6. The van der Waals surface area contributed by atoms with Crippen LogP contribution in [0.2, 0.25) is 0 Å². The van der Waals surface area contributed by atoms with Crippen LogP contribution in [0.25, 0.3) is 89.1 Å². The number of hydrogen-bond donors (Lipinski definition) is 2. The van der Waals surface area contributed by atoms with E-state index < -0.39 is 0 Å². The molecular formula is C100H78N4O8. The number of allylic oxidation sites excluding steroid dienone is 4. The summed E-state index contributed by atoms with van der Waals surface area (Å²) < 4.78 is 54.4. The lowest BCUT2D eigenvalue weighted by Gasteiger charge is -2.21. The van der Waals surface area contributed by atoms with Crippen LogP contribution in [-0.4, -0.2) is 78.3 Å². The Hall–Kier alpha value is -14.4. The molecule has 14 aromatic rings. The summed E-state index contributed by atoms with van der Waals surface area (Å²) >= 11 is 0. The Morgan fingerprint density at radius 2 is 0.384 bits per heavy atom. The molecule has 0 saturated carbocycles. The van der Waals surface area contributed by atoms with Crippen LogP contribution in [0.5, 0.6) is 46.0 Å². The fraction of sp³-hybridized carbons (Fsp3) is 0.0800. The van der Waals surface area contributed by atoms with Crippen molar-refractivity contribution >= 4 is 56.0 Å². The monoisotopic (exact) mass is 1460 g/mol. The molecule has 2 aromatic heterocycles. The number of ether oxygens (including phenoxy) is 8. The molecule has 2 aliphatic heterocycles. The first kappa shape index (κ1) is 70.6. The van der Waals surface area contributed by atoms with E-state index in [2.05, 4.69) is 228 Å². The van der Waals surface area contributed by atoms with Crippen molar-refractivity contribution in [3.05, 3.63) is 393 Å². The van der Waals surface area contributed by atoms with Gasteiger partial charge in [0.05, 0.1) is 124 Å². The van der Waals surface area contributed by atoms with Crippen LogP contribution < -0.4 is 48.6 Å². The fourth-order valence-corrected chi connectivity index (χ4v) is 16.3. The Kier molecular flexibility index (Phi) is 19.4. The van der Waals surface area contributed by atoms with Crippen molar-refractivity contribution in [1.82, 2.24) is 9.97 Å². The van der Waals surface area contributed by atoms with E-state index in [-0.39, 0.29) is 0 Å². The molecule has 0 radical (unpaired) electrons. The van der Waals surface area contributed by atoms with Gasteiger partial charge in [-0.05, 0) is 93.0 Å². The highest BCUT2D eigenvalue weighted by atomic mass is 16.5. The lowest BCUT2D eigenvalue weighted by molar-refractivity contribution is 0.392. The molecule has 0 spiro atoms. The van der Waals surface area contributed by atoms with E-state index in [4.69, 9.17) is 47.9 Å². The molecule has 0 atom stereocenters. The van der Waals surface area contributed by atoms with Crippen molar-refractivity contribution in [2.75, 3.05) is 56.9 Å². The van der Waals surface area contributed by atoms with E-state index in [1.807, 2.05) is 97.1 Å². The number of aliphatic imine (C=N–C) groups is 2. The molecule has 0 saturated heterocycles.